The lowest BCUT2D eigenvalue weighted by Gasteiger charge is -2.30. The van der Waals surface area contributed by atoms with Crippen LogP contribution in [-0.2, 0) is 20.8 Å². The van der Waals surface area contributed by atoms with Crippen molar-refractivity contribution in [2.75, 3.05) is 20.1 Å². The monoisotopic (exact) mass is 728 g/mol. The number of hydrogen-bond acceptors (Lipinski definition) is 7. The molecule has 6 N–H and O–H groups in total. The van der Waals surface area contributed by atoms with Gasteiger partial charge in [0.1, 0.15) is 11.8 Å². The lowest BCUT2D eigenvalue weighted by Crippen LogP contribution is -2.47. The number of phenolic OH excluding ortho intramolecular Hbond substituents is 1. The fourth-order valence-electron chi connectivity index (χ4n) is 6.71. The molecule has 289 valence electrons. The minimum atomic E-state index is -1.03. The van der Waals surface area contributed by atoms with E-state index in [2.05, 4.69) is 34.8 Å². The minimum absolute atomic E-state index is 0.0435. The molecule has 10 nitrogen and oxygen atoms in total. The molecule has 3 amide bonds. The molecule has 53 heavy (non-hydrogen) atoms. The molecule has 0 spiro atoms. The standard InChI is InChI=1S/C42H63BN5O5/c1-6-8-9-10-11-12-13-14-15-16-17-22-39(50)44-29-40(51)48(5)41-34-23-24-38(49)36(27-34)33-21-18-20-32(25-33)26-37(30(3)46-31(4)43-53)47-35(19-7-2)28-45-42(41)52/h18-21,23-25,27,31,37,41,46-47,49,53H,3,6-17,22,26,28-29H2,1-2,4-5H3,(H,44,50)(H,45,52)/b35-19+. The Balaban J connectivity index is 1.73. The van der Waals surface area contributed by atoms with E-state index in [0.717, 1.165) is 43.6 Å². The average molecular weight is 729 g/mol. The summed E-state index contributed by atoms with van der Waals surface area (Å²) in [5.74, 6) is -1.28. The predicted molar refractivity (Wildman–Crippen MR) is 215 cm³/mol. The number of amides is 3. The van der Waals surface area contributed by atoms with Crippen molar-refractivity contribution in [3.63, 3.8) is 0 Å². The van der Waals surface area contributed by atoms with Crippen molar-refractivity contribution in [1.82, 2.24) is 26.2 Å². The quantitative estimate of drug-likeness (QED) is 0.0688. The van der Waals surface area contributed by atoms with Gasteiger partial charge in [-0.3, -0.25) is 14.4 Å². The molecule has 0 saturated carbocycles. The number of hydrogen-bond donors (Lipinski definition) is 6. The number of allylic oxidation sites excluding steroid dienone is 1. The molecule has 0 fully saturated rings. The fourth-order valence-corrected chi connectivity index (χ4v) is 6.71. The number of nitrogens with one attached hydrogen (secondary N) is 4. The third kappa shape index (κ3) is 14.6. The number of fused-ring (bicyclic) bond motifs is 5. The third-order valence-electron chi connectivity index (χ3n) is 9.81. The molecule has 0 aromatic heterocycles. The zero-order valence-corrected chi connectivity index (χ0v) is 32.5. The van der Waals surface area contributed by atoms with E-state index in [1.165, 1.54) is 56.3 Å². The first-order valence-corrected chi connectivity index (χ1v) is 19.7. The summed E-state index contributed by atoms with van der Waals surface area (Å²) >= 11 is 0. The highest BCUT2D eigenvalue weighted by atomic mass is 16.3. The number of carbonyl (C=O) groups excluding carboxylic acids is 3. The summed E-state index contributed by atoms with van der Waals surface area (Å²) in [4.78, 5) is 41.6. The molecule has 2 aromatic carbocycles. The Kier molecular flexibility index (Phi) is 19.1. The van der Waals surface area contributed by atoms with Crippen LogP contribution in [0, 0.1) is 0 Å². The number of likely N-dealkylation sites (N-methyl/N-ethyl adjacent to an activating group) is 1. The van der Waals surface area contributed by atoms with Gasteiger partial charge in [-0.1, -0.05) is 121 Å². The van der Waals surface area contributed by atoms with Crippen LogP contribution in [0.2, 0.25) is 0 Å². The van der Waals surface area contributed by atoms with Gasteiger partial charge >= 0.3 is 7.48 Å². The van der Waals surface area contributed by atoms with Crippen molar-refractivity contribution in [3.05, 3.63) is 77.6 Å². The van der Waals surface area contributed by atoms with Crippen LogP contribution in [0.4, 0.5) is 0 Å². The van der Waals surface area contributed by atoms with Crippen LogP contribution in [0.25, 0.3) is 11.1 Å². The number of benzene rings is 2. The summed E-state index contributed by atoms with van der Waals surface area (Å²) in [7, 11) is 2.63. The Bertz CT molecular complexity index is 1510. The highest BCUT2D eigenvalue weighted by Crippen LogP contribution is 2.34. The summed E-state index contributed by atoms with van der Waals surface area (Å²) in [5.41, 5.74) is 4.22. The summed E-state index contributed by atoms with van der Waals surface area (Å²) in [6, 6.07) is 11.4. The lowest BCUT2D eigenvalue weighted by molar-refractivity contribution is -0.139. The van der Waals surface area contributed by atoms with Gasteiger partial charge in [-0.2, -0.15) is 0 Å². The van der Waals surface area contributed by atoms with E-state index in [0.29, 0.717) is 36.1 Å². The zero-order valence-electron chi connectivity index (χ0n) is 32.5. The van der Waals surface area contributed by atoms with Crippen molar-refractivity contribution < 1.29 is 24.5 Å². The molecule has 0 aliphatic carbocycles. The fraction of sp³-hybridized carbons (Fsp3) is 0.548. The smallest absolute Gasteiger partial charge is 0.311 e. The van der Waals surface area contributed by atoms with Crippen LogP contribution in [0.3, 0.4) is 0 Å². The normalized spacial score (nSPS) is 17.2. The maximum Gasteiger partial charge on any atom is 0.311 e. The van der Waals surface area contributed by atoms with Gasteiger partial charge in [-0.15, -0.1) is 0 Å². The molecular formula is C42H63BN5O5. The number of phenols is 1. The van der Waals surface area contributed by atoms with Crippen molar-refractivity contribution in [1.29, 1.82) is 0 Å². The van der Waals surface area contributed by atoms with Crippen LogP contribution < -0.4 is 21.3 Å². The Labute approximate surface area is 318 Å². The van der Waals surface area contributed by atoms with Gasteiger partial charge in [0.25, 0.3) is 0 Å². The van der Waals surface area contributed by atoms with Gasteiger partial charge in [0.05, 0.1) is 19.1 Å². The Morgan fingerprint density at radius 3 is 2.36 bits per heavy atom. The van der Waals surface area contributed by atoms with E-state index in [-0.39, 0.29) is 36.7 Å². The lowest BCUT2D eigenvalue weighted by atomic mass is 9.89. The number of aromatic hydroxyl groups is 1. The van der Waals surface area contributed by atoms with Gasteiger partial charge in [-0.05, 0) is 55.0 Å². The molecule has 4 bridgehead atoms. The van der Waals surface area contributed by atoms with Crippen molar-refractivity contribution in [2.45, 2.75) is 129 Å². The molecule has 3 atom stereocenters. The van der Waals surface area contributed by atoms with Gasteiger partial charge < -0.3 is 36.3 Å². The molecule has 1 aliphatic rings. The van der Waals surface area contributed by atoms with E-state index in [9.17, 15) is 24.5 Å². The first-order chi connectivity index (χ1) is 25.6. The number of unbranched alkanes of at least 4 members (excludes halogenated alkanes) is 10. The topological polar surface area (TPSA) is 143 Å². The summed E-state index contributed by atoms with van der Waals surface area (Å²) < 4.78 is 0. The molecular weight excluding hydrogens is 665 g/mol. The highest BCUT2D eigenvalue weighted by Gasteiger charge is 2.30. The maximum atomic E-state index is 14.0. The zero-order chi connectivity index (χ0) is 38.6. The second-order valence-electron chi connectivity index (χ2n) is 14.3. The maximum absolute atomic E-state index is 14.0. The van der Waals surface area contributed by atoms with Crippen molar-refractivity contribution in [2.24, 2.45) is 0 Å². The Hall–Kier alpha value is -4.25. The van der Waals surface area contributed by atoms with Gasteiger partial charge in [-0.25, -0.2) is 0 Å². The summed E-state index contributed by atoms with van der Waals surface area (Å²) in [5, 5.41) is 33.1. The van der Waals surface area contributed by atoms with E-state index < -0.39 is 17.9 Å². The summed E-state index contributed by atoms with van der Waals surface area (Å²) in [6.07, 6.45) is 16.8. The van der Waals surface area contributed by atoms with Crippen LogP contribution in [0.15, 0.2) is 66.5 Å². The second kappa shape index (κ2) is 23.4. The van der Waals surface area contributed by atoms with Crippen molar-refractivity contribution in [3.8, 4) is 16.9 Å². The van der Waals surface area contributed by atoms with Gasteiger partial charge in [0.2, 0.25) is 17.7 Å². The van der Waals surface area contributed by atoms with E-state index in [4.69, 9.17) is 0 Å². The number of carbonyl (C=O) groups is 3. The first-order valence-electron chi connectivity index (χ1n) is 19.7. The third-order valence-corrected chi connectivity index (χ3v) is 9.81. The van der Waals surface area contributed by atoms with E-state index >= 15 is 0 Å². The van der Waals surface area contributed by atoms with E-state index in [1.807, 2.05) is 44.2 Å². The highest BCUT2D eigenvalue weighted by molar-refractivity contribution is 6.27. The molecule has 3 unspecified atom stereocenters. The molecule has 1 aliphatic heterocycles. The SMILES string of the molecule is C=C(NC(C)[B]O)C1Cc2cccc(c2)-c2cc(ccc2O)C(N(C)C(=O)CNC(=O)CCCCCCCCCCCCC)C(=O)NC/C(=C\CC)N1. The average Bonchev–Trinajstić information content (AvgIpc) is 3.15. The number of nitrogens with zero attached hydrogens (tertiary/aromatic N) is 1. The predicted octanol–water partition coefficient (Wildman–Crippen LogP) is 6.36. The second-order valence-corrected chi connectivity index (χ2v) is 14.3. The molecule has 1 radical (unpaired) electrons. The van der Waals surface area contributed by atoms with Crippen molar-refractivity contribution >= 4 is 25.2 Å². The van der Waals surface area contributed by atoms with Crippen LogP contribution in [0.1, 0.15) is 121 Å². The molecule has 3 rings (SSSR count). The molecule has 1 heterocycles. The molecule has 2 aromatic rings. The summed E-state index contributed by atoms with van der Waals surface area (Å²) in [6.45, 7) is 10.2. The molecule has 0 saturated heterocycles. The minimum Gasteiger partial charge on any atom is -0.507 e. The first kappa shape index (κ1) is 43.2. The van der Waals surface area contributed by atoms with Gasteiger partial charge in [0, 0.05) is 36.4 Å². The van der Waals surface area contributed by atoms with E-state index in [1.54, 1.807) is 25.2 Å². The Morgan fingerprint density at radius 2 is 1.70 bits per heavy atom. The van der Waals surface area contributed by atoms with Gasteiger partial charge in [0.15, 0.2) is 0 Å². The van der Waals surface area contributed by atoms with Crippen LogP contribution in [-0.4, -0.2) is 72.4 Å². The Morgan fingerprint density at radius 1 is 1.02 bits per heavy atom. The van der Waals surface area contributed by atoms with Crippen LogP contribution >= 0.6 is 0 Å². The molecule has 11 heteroatoms. The van der Waals surface area contributed by atoms with Crippen LogP contribution in [0.5, 0.6) is 5.75 Å². The largest absolute Gasteiger partial charge is 0.507 e. The number of rotatable bonds is 20.